The molecule has 1 aromatic heterocycles. The predicted molar refractivity (Wildman–Crippen MR) is 76.1 cm³/mol. The van der Waals surface area contributed by atoms with Crippen molar-refractivity contribution in [1.29, 1.82) is 0 Å². The third-order valence-electron chi connectivity index (χ3n) is 3.66. The van der Waals surface area contributed by atoms with E-state index in [2.05, 4.69) is 29.1 Å². The molecule has 0 spiro atoms. The lowest BCUT2D eigenvalue weighted by Crippen LogP contribution is -2.47. The maximum atomic E-state index is 12.3. The molecule has 1 aliphatic heterocycles. The third-order valence-corrected chi connectivity index (χ3v) is 4.36. The molecule has 3 atom stereocenters. The summed E-state index contributed by atoms with van der Waals surface area (Å²) >= 11 is 1.69. The van der Waals surface area contributed by atoms with Crippen LogP contribution in [0.2, 0.25) is 0 Å². The first kappa shape index (κ1) is 14.1. The molecule has 2 rings (SSSR count). The monoisotopic (exact) mass is 280 g/mol. The number of hydrogen-bond acceptors (Lipinski definition) is 3. The van der Waals surface area contributed by atoms with E-state index in [-0.39, 0.29) is 17.9 Å². The molecule has 0 saturated carbocycles. The number of thiophene rings is 1. The zero-order chi connectivity index (χ0) is 14.0. The number of hydrogen-bond donors (Lipinski definition) is 1. The number of amides is 2. The number of nitrogens with one attached hydrogen (secondary N) is 1. The first-order valence-corrected chi connectivity index (χ1v) is 7.53. The van der Waals surface area contributed by atoms with Gasteiger partial charge in [0, 0.05) is 25.4 Å². The Hall–Kier alpha value is -1.36. The number of carbonyl (C=O) groups excluding carboxylic acids is 2. The van der Waals surface area contributed by atoms with Crippen LogP contribution < -0.4 is 5.32 Å². The summed E-state index contributed by atoms with van der Waals surface area (Å²) in [6.45, 7) is 6.01. The van der Waals surface area contributed by atoms with Crippen LogP contribution in [0.5, 0.6) is 0 Å². The van der Waals surface area contributed by atoms with E-state index >= 15 is 0 Å². The van der Waals surface area contributed by atoms with Gasteiger partial charge in [-0.2, -0.15) is 11.3 Å². The number of likely N-dealkylation sites (tertiary alicyclic amines) is 1. The molecule has 0 aromatic carbocycles. The highest BCUT2D eigenvalue weighted by Gasteiger charge is 2.35. The molecule has 1 N–H and O–H groups in total. The van der Waals surface area contributed by atoms with Crippen molar-refractivity contribution < 1.29 is 9.59 Å². The minimum absolute atomic E-state index is 0.0143. The summed E-state index contributed by atoms with van der Waals surface area (Å²) in [5.41, 5.74) is 1.32. The van der Waals surface area contributed by atoms with Crippen molar-refractivity contribution in [2.24, 2.45) is 0 Å². The second-order valence-electron chi connectivity index (χ2n) is 5.25. The van der Waals surface area contributed by atoms with Crippen molar-refractivity contribution in [3.63, 3.8) is 0 Å². The van der Waals surface area contributed by atoms with E-state index < -0.39 is 6.04 Å². The quantitative estimate of drug-likeness (QED) is 0.920. The first-order valence-electron chi connectivity index (χ1n) is 6.58. The van der Waals surface area contributed by atoms with Crippen molar-refractivity contribution >= 4 is 23.2 Å². The molecular weight excluding hydrogens is 260 g/mol. The summed E-state index contributed by atoms with van der Waals surface area (Å²) in [5.74, 6) is 0.275. The van der Waals surface area contributed by atoms with E-state index in [4.69, 9.17) is 0 Å². The van der Waals surface area contributed by atoms with Gasteiger partial charge in [-0.25, -0.2) is 0 Å². The Bertz CT molecular complexity index is 458. The van der Waals surface area contributed by atoms with Crippen LogP contribution in [0.1, 0.15) is 38.7 Å². The van der Waals surface area contributed by atoms with Crippen LogP contribution >= 0.6 is 11.3 Å². The number of rotatable bonds is 3. The standard InChI is InChI=1S/C14H20N2O2S/c1-9-6-13(12-4-5-19-8-12)7-16(9)14(18)10(2)15-11(3)17/h4-5,8-10,13H,6-7H2,1-3H3,(H,15,17)/t9-,10-,13+/m1/s1. The Balaban J connectivity index is 2.01. The smallest absolute Gasteiger partial charge is 0.245 e. The van der Waals surface area contributed by atoms with Crippen LogP contribution in [0.15, 0.2) is 16.8 Å². The zero-order valence-corrected chi connectivity index (χ0v) is 12.4. The number of carbonyl (C=O) groups is 2. The molecule has 0 bridgehead atoms. The van der Waals surface area contributed by atoms with Crippen molar-refractivity contribution in [2.45, 2.75) is 45.2 Å². The van der Waals surface area contributed by atoms with Crippen LogP contribution in [-0.4, -0.2) is 35.3 Å². The van der Waals surface area contributed by atoms with E-state index in [0.717, 1.165) is 13.0 Å². The minimum atomic E-state index is -0.443. The Morgan fingerprint density at radius 3 is 2.84 bits per heavy atom. The lowest BCUT2D eigenvalue weighted by atomic mass is 10.00. The average molecular weight is 280 g/mol. The van der Waals surface area contributed by atoms with E-state index in [1.54, 1.807) is 18.3 Å². The van der Waals surface area contributed by atoms with Gasteiger partial charge < -0.3 is 10.2 Å². The molecule has 19 heavy (non-hydrogen) atoms. The molecule has 2 heterocycles. The van der Waals surface area contributed by atoms with Gasteiger partial charge in [0.15, 0.2) is 0 Å². The highest BCUT2D eigenvalue weighted by molar-refractivity contribution is 7.07. The van der Waals surface area contributed by atoms with Gasteiger partial charge in [0.1, 0.15) is 6.04 Å². The third kappa shape index (κ3) is 3.15. The van der Waals surface area contributed by atoms with Crippen molar-refractivity contribution in [2.75, 3.05) is 6.54 Å². The van der Waals surface area contributed by atoms with Gasteiger partial charge in [-0.05, 0) is 42.7 Å². The summed E-state index contributed by atoms with van der Waals surface area (Å²) in [6, 6.07) is 1.92. The van der Waals surface area contributed by atoms with Gasteiger partial charge in [-0.3, -0.25) is 9.59 Å². The second kappa shape index (κ2) is 5.74. The molecule has 104 valence electrons. The van der Waals surface area contributed by atoms with Gasteiger partial charge in [-0.1, -0.05) is 0 Å². The predicted octanol–water partition coefficient (Wildman–Crippen LogP) is 1.98. The minimum Gasteiger partial charge on any atom is -0.345 e. The topological polar surface area (TPSA) is 49.4 Å². The summed E-state index contributed by atoms with van der Waals surface area (Å²) in [5, 5.41) is 6.89. The Morgan fingerprint density at radius 2 is 2.26 bits per heavy atom. The average Bonchev–Trinajstić information content (AvgIpc) is 2.95. The Morgan fingerprint density at radius 1 is 1.53 bits per heavy atom. The summed E-state index contributed by atoms with van der Waals surface area (Å²) in [6.07, 6.45) is 0.995. The van der Waals surface area contributed by atoms with Crippen LogP contribution in [-0.2, 0) is 9.59 Å². The molecule has 0 radical (unpaired) electrons. The molecule has 2 amide bonds. The second-order valence-corrected chi connectivity index (χ2v) is 6.03. The van der Waals surface area contributed by atoms with E-state index in [1.165, 1.54) is 12.5 Å². The molecule has 0 aliphatic carbocycles. The summed E-state index contributed by atoms with van der Waals surface area (Å²) < 4.78 is 0. The lowest BCUT2D eigenvalue weighted by molar-refractivity contribution is -0.136. The maximum Gasteiger partial charge on any atom is 0.245 e. The van der Waals surface area contributed by atoms with Crippen LogP contribution in [0.4, 0.5) is 0 Å². The Kier molecular flexibility index (Phi) is 4.24. The zero-order valence-electron chi connectivity index (χ0n) is 11.6. The van der Waals surface area contributed by atoms with Crippen LogP contribution in [0.3, 0.4) is 0 Å². The molecular formula is C14H20N2O2S. The fraction of sp³-hybridized carbons (Fsp3) is 0.571. The maximum absolute atomic E-state index is 12.3. The first-order chi connectivity index (χ1) is 8.99. The fourth-order valence-corrected chi connectivity index (χ4v) is 3.44. The lowest BCUT2D eigenvalue weighted by Gasteiger charge is -2.25. The largest absolute Gasteiger partial charge is 0.345 e. The Labute approximate surface area is 117 Å². The highest BCUT2D eigenvalue weighted by atomic mass is 32.1. The fourth-order valence-electron chi connectivity index (χ4n) is 2.70. The number of nitrogens with zero attached hydrogens (tertiary/aromatic N) is 1. The molecule has 4 nitrogen and oxygen atoms in total. The van der Waals surface area contributed by atoms with Gasteiger partial charge >= 0.3 is 0 Å². The molecule has 1 saturated heterocycles. The van der Waals surface area contributed by atoms with Gasteiger partial charge in [0.25, 0.3) is 0 Å². The van der Waals surface area contributed by atoms with Crippen LogP contribution in [0, 0.1) is 0 Å². The van der Waals surface area contributed by atoms with Crippen molar-refractivity contribution in [3.05, 3.63) is 22.4 Å². The van der Waals surface area contributed by atoms with E-state index in [0.29, 0.717) is 5.92 Å². The highest BCUT2D eigenvalue weighted by Crippen LogP contribution is 2.32. The van der Waals surface area contributed by atoms with Gasteiger partial charge in [-0.15, -0.1) is 0 Å². The summed E-state index contributed by atoms with van der Waals surface area (Å²) in [7, 11) is 0. The molecule has 0 unspecified atom stereocenters. The van der Waals surface area contributed by atoms with Gasteiger partial charge in [0.2, 0.25) is 11.8 Å². The molecule has 1 aliphatic rings. The van der Waals surface area contributed by atoms with Crippen molar-refractivity contribution in [3.8, 4) is 0 Å². The van der Waals surface area contributed by atoms with Crippen molar-refractivity contribution in [1.82, 2.24) is 10.2 Å². The normalized spacial score (nSPS) is 24.3. The molecule has 5 heteroatoms. The van der Waals surface area contributed by atoms with E-state index in [9.17, 15) is 9.59 Å². The van der Waals surface area contributed by atoms with E-state index in [1.807, 2.05) is 4.90 Å². The molecule has 1 aromatic rings. The SMILES string of the molecule is CC(=O)N[C@H](C)C(=O)N1C[C@@H](c2ccsc2)C[C@H]1C. The van der Waals surface area contributed by atoms with Crippen LogP contribution in [0.25, 0.3) is 0 Å². The summed E-state index contributed by atoms with van der Waals surface area (Å²) in [4.78, 5) is 25.2. The van der Waals surface area contributed by atoms with Gasteiger partial charge in [0.05, 0.1) is 0 Å². The molecule has 1 fully saturated rings.